The largest absolute Gasteiger partial charge is 0.744 e. The Hall–Kier alpha value is -3.84. The van der Waals surface area contributed by atoms with Gasteiger partial charge in [-0.05, 0) is 24.3 Å². The highest BCUT2D eigenvalue weighted by molar-refractivity contribution is 7.86. The number of nitrogens with two attached hydrogens (primary N) is 1. The minimum absolute atomic E-state index is 0.0867. The van der Waals surface area contributed by atoms with Crippen molar-refractivity contribution in [2.24, 2.45) is 10.7 Å². The molecule has 0 unspecified atom stereocenters. The molecule has 11 nitrogen and oxygen atoms in total. The number of hydrogen-bond acceptors (Lipinski definition) is 10. The molecule has 0 saturated carbocycles. The van der Waals surface area contributed by atoms with E-state index in [4.69, 9.17) is 5.73 Å². The summed E-state index contributed by atoms with van der Waals surface area (Å²) in [6.07, 6.45) is 1.43. The lowest BCUT2D eigenvalue weighted by Gasteiger charge is -2.13. The van der Waals surface area contributed by atoms with Crippen LogP contribution in [0.4, 0.5) is 11.4 Å². The Balaban J connectivity index is 0.000000212. The van der Waals surface area contributed by atoms with Crippen molar-refractivity contribution >= 4 is 59.2 Å². The molecular weight excluding hydrogens is 532 g/mol. The Morgan fingerprint density at radius 2 is 1.24 bits per heavy atom. The molecule has 0 radical (unpaired) electrons. The standard InChI is InChI=1S/C13H12N2O4S.C12H14N2O3S/c16-9-14-7-8-15-12-5-1-4-11-10(12)3-2-6-13(11)20(17,18)19;13-7-8-14-11-5-1-4-10-9(11)3-2-6-12(10)18(15,16)17/h1-6,15H,7-8H2,(H,17,18,19);1-6,14H,7-8,13H2,(H,15,16,17)/p-1. The summed E-state index contributed by atoms with van der Waals surface area (Å²) < 4.78 is 65.4. The molecule has 0 aromatic heterocycles. The highest BCUT2D eigenvalue weighted by Gasteiger charge is 2.14. The van der Waals surface area contributed by atoms with Crippen molar-refractivity contribution in [2.75, 3.05) is 36.8 Å². The van der Waals surface area contributed by atoms with Crippen molar-refractivity contribution in [3.05, 3.63) is 72.8 Å². The van der Waals surface area contributed by atoms with Gasteiger partial charge in [0.1, 0.15) is 15.0 Å². The van der Waals surface area contributed by atoms with E-state index in [1.54, 1.807) is 48.5 Å². The summed E-state index contributed by atoms with van der Waals surface area (Å²) in [7, 11) is -8.74. The zero-order valence-corrected chi connectivity index (χ0v) is 21.6. The molecule has 4 aromatic carbocycles. The lowest BCUT2D eigenvalue weighted by atomic mass is 10.1. The van der Waals surface area contributed by atoms with Crippen LogP contribution in [0.3, 0.4) is 0 Å². The lowest BCUT2D eigenvalue weighted by molar-refractivity contribution is 0.464. The summed E-state index contributed by atoms with van der Waals surface area (Å²) >= 11 is 0. The third-order valence-corrected chi connectivity index (χ3v) is 7.18. The van der Waals surface area contributed by atoms with Crippen LogP contribution in [-0.2, 0) is 25.0 Å². The summed E-state index contributed by atoms with van der Waals surface area (Å²) in [5.74, 6) is 0. The average Bonchev–Trinajstić information content (AvgIpc) is 2.88. The number of nitrogens with one attached hydrogen (secondary N) is 2. The van der Waals surface area contributed by atoms with Crippen LogP contribution in [0.15, 0.2) is 87.6 Å². The Labute approximate surface area is 219 Å². The van der Waals surface area contributed by atoms with E-state index in [9.17, 15) is 30.7 Å². The number of aliphatic imine (C=N–C) groups is 1. The van der Waals surface area contributed by atoms with Gasteiger partial charge < -0.3 is 20.9 Å². The van der Waals surface area contributed by atoms with Gasteiger partial charge in [0, 0.05) is 52.6 Å². The molecule has 0 spiro atoms. The van der Waals surface area contributed by atoms with E-state index in [2.05, 4.69) is 15.6 Å². The molecule has 13 heteroatoms. The van der Waals surface area contributed by atoms with Gasteiger partial charge >= 0.3 is 0 Å². The minimum atomic E-state index is -4.52. The molecule has 0 bridgehead atoms. The van der Waals surface area contributed by atoms with E-state index in [0.29, 0.717) is 41.5 Å². The average molecular weight is 558 g/mol. The number of fused-ring (bicyclic) bond motifs is 2. The number of anilines is 2. The van der Waals surface area contributed by atoms with Crippen molar-refractivity contribution < 1.29 is 30.7 Å². The normalized spacial score (nSPS) is 11.3. The zero-order chi connectivity index (χ0) is 27.8. The first kappa shape index (κ1) is 28.7. The van der Waals surface area contributed by atoms with Gasteiger partial charge in [0.05, 0.1) is 11.4 Å². The van der Waals surface area contributed by atoms with E-state index in [1.807, 2.05) is 6.07 Å². The number of benzene rings is 4. The molecule has 0 heterocycles. The van der Waals surface area contributed by atoms with Crippen LogP contribution in [0.2, 0.25) is 0 Å². The maximum Gasteiger partial charge on any atom is 0.295 e. The SMILES string of the molecule is NCCNc1cccc2c(S(=O)(=O)O)cccc12.O=C=NCCNc1cccc2c(S(=O)(=O)[O-])cccc12. The van der Waals surface area contributed by atoms with Crippen molar-refractivity contribution in [3.63, 3.8) is 0 Å². The van der Waals surface area contributed by atoms with Gasteiger partial charge in [0.2, 0.25) is 6.08 Å². The third kappa shape index (κ3) is 7.13. The molecule has 0 atom stereocenters. The molecule has 0 fully saturated rings. The predicted molar refractivity (Wildman–Crippen MR) is 145 cm³/mol. The van der Waals surface area contributed by atoms with Crippen LogP contribution < -0.4 is 16.4 Å². The topological polar surface area (TPSA) is 191 Å². The highest BCUT2D eigenvalue weighted by atomic mass is 32.2. The van der Waals surface area contributed by atoms with Gasteiger partial charge in [-0.25, -0.2) is 18.2 Å². The van der Waals surface area contributed by atoms with E-state index in [0.717, 1.165) is 11.1 Å². The van der Waals surface area contributed by atoms with Crippen molar-refractivity contribution in [1.29, 1.82) is 0 Å². The van der Waals surface area contributed by atoms with E-state index in [-0.39, 0.29) is 16.3 Å². The fraction of sp³-hybridized carbons (Fsp3) is 0.160. The Bertz CT molecular complexity index is 1700. The molecular formula is C25H25N4O7S2-. The van der Waals surface area contributed by atoms with E-state index >= 15 is 0 Å². The van der Waals surface area contributed by atoms with Gasteiger partial charge in [-0.1, -0.05) is 48.5 Å². The van der Waals surface area contributed by atoms with Gasteiger partial charge in [0.25, 0.3) is 10.1 Å². The number of rotatable bonds is 9. The van der Waals surface area contributed by atoms with Crippen LogP contribution in [0.5, 0.6) is 0 Å². The molecule has 0 aliphatic carbocycles. The summed E-state index contributed by atoms with van der Waals surface area (Å²) in [6.45, 7) is 1.74. The summed E-state index contributed by atoms with van der Waals surface area (Å²) in [6, 6.07) is 19.5. The smallest absolute Gasteiger partial charge is 0.295 e. The minimum Gasteiger partial charge on any atom is -0.744 e. The monoisotopic (exact) mass is 557 g/mol. The number of hydrogen-bond donors (Lipinski definition) is 4. The molecule has 0 aliphatic heterocycles. The molecule has 4 aromatic rings. The van der Waals surface area contributed by atoms with Gasteiger partial charge in [-0.2, -0.15) is 8.42 Å². The second-order valence-electron chi connectivity index (χ2n) is 7.86. The quantitative estimate of drug-likeness (QED) is 0.103. The molecule has 200 valence electrons. The fourth-order valence-electron chi connectivity index (χ4n) is 3.81. The second-order valence-corrected chi connectivity index (χ2v) is 10.6. The second kappa shape index (κ2) is 12.6. The summed E-state index contributed by atoms with van der Waals surface area (Å²) in [4.78, 5) is 13.0. The lowest BCUT2D eigenvalue weighted by Crippen LogP contribution is -2.13. The van der Waals surface area contributed by atoms with Crippen LogP contribution in [0.25, 0.3) is 21.5 Å². The Morgan fingerprint density at radius 1 is 0.763 bits per heavy atom. The Kier molecular flexibility index (Phi) is 9.53. The highest BCUT2D eigenvalue weighted by Crippen LogP contribution is 2.29. The van der Waals surface area contributed by atoms with Crippen molar-refractivity contribution in [1.82, 2.24) is 0 Å². The number of carbonyl (C=O) groups excluding carboxylic acids is 1. The first-order valence-electron chi connectivity index (χ1n) is 11.3. The van der Waals surface area contributed by atoms with E-state index in [1.165, 1.54) is 24.3 Å². The molecule has 4 rings (SSSR count). The van der Waals surface area contributed by atoms with Crippen LogP contribution in [-0.4, -0.2) is 58.2 Å². The molecule has 38 heavy (non-hydrogen) atoms. The molecule has 0 aliphatic rings. The maximum absolute atomic E-state index is 11.3. The maximum atomic E-state index is 11.3. The van der Waals surface area contributed by atoms with Crippen molar-refractivity contribution in [2.45, 2.75) is 9.79 Å². The summed E-state index contributed by atoms with van der Waals surface area (Å²) in [5, 5.41) is 8.36. The molecule has 0 amide bonds. The molecule has 5 N–H and O–H groups in total. The Morgan fingerprint density at radius 3 is 1.74 bits per heavy atom. The number of isocyanates is 1. The van der Waals surface area contributed by atoms with Crippen LogP contribution in [0, 0.1) is 0 Å². The zero-order valence-electron chi connectivity index (χ0n) is 20.0. The van der Waals surface area contributed by atoms with Gasteiger partial charge in [-0.3, -0.25) is 4.55 Å². The van der Waals surface area contributed by atoms with Gasteiger partial charge in [0.15, 0.2) is 0 Å². The third-order valence-electron chi connectivity index (χ3n) is 5.37. The van der Waals surface area contributed by atoms with Crippen LogP contribution >= 0.6 is 0 Å². The van der Waals surface area contributed by atoms with Crippen LogP contribution in [0.1, 0.15) is 0 Å². The first-order chi connectivity index (χ1) is 18.1. The predicted octanol–water partition coefficient (Wildman–Crippen LogP) is 2.95. The van der Waals surface area contributed by atoms with Gasteiger partial charge in [-0.15, -0.1) is 0 Å². The molecule has 0 saturated heterocycles. The van der Waals surface area contributed by atoms with Crippen molar-refractivity contribution in [3.8, 4) is 0 Å². The first-order valence-corrected chi connectivity index (χ1v) is 14.1. The number of nitrogens with zero attached hydrogens (tertiary/aromatic N) is 1. The fourth-order valence-corrected chi connectivity index (χ4v) is 5.21. The van der Waals surface area contributed by atoms with E-state index < -0.39 is 20.2 Å². The summed E-state index contributed by atoms with van der Waals surface area (Å²) in [5.41, 5.74) is 6.89.